The van der Waals surface area contributed by atoms with Crippen molar-refractivity contribution in [2.75, 3.05) is 0 Å². The first-order valence-electron chi connectivity index (χ1n) is 4.99. The molecule has 0 aromatic heterocycles. The summed E-state index contributed by atoms with van der Waals surface area (Å²) in [6.45, 7) is 4.94. The molecular formula is C12H13F3O. The lowest BCUT2D eigenvalue weighted by Crippen LogP contribution is -2.25. The molecule has 0 fully saturated rings. The van der Waals surface area contributed by atoms with Crippen molar-refractivity contribution in [2.45, 2.75) is 27.2 Å². The molecule has 0 N–H and O–H groups in total. The smallest absolute Gasteiger partial charge is 0.174 e. The Morgan fingerprint density at radius 1 is 1.19 bits per heavy atom. The van der Waals surface area contributed by atoms with Gasteiger partial charge in [-0.05, 0) is 6.42 Å². The van der Waals surface area contributed by atoms with E-state index in [2.05, 4.69) is 0 Å². The lowest BCUT2D eigenvalue weighted by molar-refractivity contribution is 0.0823. The zero-order valence-electron chi connectivity index (χ0n) is 9.40. The summed E-state index contributed by atoms with van der Waals surface area (Å²) in [4.78, 5) is 11.8. The third-order valence-electron chi connectivity index (χ3n) is 2.73. The molecule has 0 atom stereocenters. The van der Waals surface area contributed by atoms with Crippen LogP contribution in [0.1, 0.15) is 37.6 Å². The third kappa shape index (κ3) is 2.26. The van der Waals surface area contributed by atoms with Gasteiger partial charge in [0.2, 0.25) is 0 Å². The molecule has 4 heteroatoms. The molecule has 0 saturated heterocycles. The molecule has 0 aliphatic heterocycles. The minimum atomic E-state index is -1.15. The van der Waals surface area contributed by atoms with E-state index in [9.17, 15) is 18.0 Å². The van der Waals surface area contributed by atoms with E-state index in [0.29, 0.717) is 18.6 Å². The van der Waals surface area contributed by atoms with Crippen molar-refractivity contribution in [1.29, 1.82) is 0 Å². The van der Waals surface area contributed by atoms with Crippen molar-refractivity contribution < 1.29 is 18.0 Å². The highest BCUT2D eigenvalue weighted by Gasteiger charge is 2.31. The van der Waals surface area contributed by atoms with E-state index in [1.54, 1.807) is 20.8 Å². The number of hydrogen-bond donors (Lipinski definition) is 0. The molecule has 0 spiro atoms. The van der Waals surface area contributed by atoms with Crippen LogP contribution in [0.15, 0.2) is 12.1 Å². The van der Waals surface area contributed by atoms with E-state index in [0.717, 1.165) is 0 Å². The van der Waals surface area contributed by atoms with Gasteiger partial charge in [-0.2, -0.15) is 0 Å². The summed E-state index contributed by atoms with van der Waals surface area (Å²) >= 11 is 0. The lowest BCUT2D eigenvalue weighted by Gasteiger charge is -2.21. The molecule has 0 radical (unpaired) electrons. The quantitative estimate of drug-likeness (QED) is 0.723. The van der Waals surface area contributed by atoms with E-state index in [4.69, 9.17) is 0 Å². The van der Waals surface area contributed by atoms with Crippen LogP contribution in [-0.2, 0) is 0 Å². The van der Waals surface area contributed by atoms with Crippen molar-refractivity contribution in [3.8, 4) is 0 Å². The first kappa shape index (κ1) is 12.7. The molecule has 1 rings (SSSR count). The van der Waals surface area contributed by atoms with Gasteiger partial charge in [0.25, 0.3) is 0 Å². The van der Waals surface area contributed by atoms with E-state index in [1.807, 2.05) is 0 Å². The maximum absolute atomic E-state index is 13.3. The van der Waals surface area contributed by atoms with Crippen molar-refractivity contribution in [3.63, 3.8) is 0 Å². The van der Waals surface area contributed by atoms with Crippen molar-refractivity contribution in [2.24, 2.45) is 5.41 Å². The van der Waals surface area contributed by atoms with Gasteiger partial charge in [-0.25, -0.2) is 13.2 Å². The molecule has 0 aliphatic carbocycles. The van der Waals surface area contributed by atoms with Crippen molar-refractivity contribution in [3.05, 3.63) is 35.1 Å². The Morgan fingerprint density at radius 3 is 2.00 bits per heavy atom. The molecule has 0 amide bonds. The first-order valence-corrected chi connectivity index (χ1v) is 4.99. The van der Waals surface area contributed by atoms with Crippen LogP contribution in [0, 0.1) is 22.9 Å². The van der Waals surface area contributed by atoms with Crippen LogP contribution >= 0.6 is 0 Å². The summed E-state index contributed by atoms with van der Waals surface area (Å²) in [5.74, 6) is -3.97. The summed E-state index contributed by atoms with van der Waals surface area (Å²) in [6.07, 6.45) is 0.447. The number of Topliss-reactive ketones (excluding diaryl/α,β-unsaturated/α-hetero) is 1. The number of hydrogen-bond acceptors (Lipinski definition) is 1. The second-order valence-corrected chi connectivity index (χ2v) is 4.31. The van der Waals surface area contributed by atoms with E-state index >= 15 is 0 Å². The van der Waals surface area contributed by atoms with Gasteiger partial charge in [0.05, 0.1) is 5.56 Å². The first-order chi connectivity index (χ1) is 7.29. The van der Waals surface area contributed by atoms with Gasteiger partial charge < -0.3 is 0 Å². The van der Waals surface area contributed by atoms with Gasteiger partial charge in [-0.15, -0.1) is 0 Å². The predicted molar refractivity (Wildman–Crippen MR) is 54.7 cm³/mol. The zero-order chi connectivity index (χ0) is 12.5. The Hall–Kier alpha value is -1.32. The fraction of sp³-hybridized carbons (Fsp3) is 0.417. The maximum atomic E-state index is 13.3. The Morgan fingerprint density at radius 2 is 1.62 bits per heavy atom. The minimum absolute atomic E-state index is 0.447. The number of halogens is 3. The Kier molecular flexibility index (Phi) is 3.41. The normalized spacial score (nSPS) is 11.6. The van der Waals surface area contributed by atoms with Crippen LogP contribution < -0.4 is 0 Å². The van der Waals surface area contributed by atoms with E-state index < -0.39 is 34.2 Å². The summed E-state index contributed by atoms with van der Waals surface area (Å²) in [5, 5.41) is 0. The number of benzene rings is 1. The van der Waals surface area contributed by atoms with Crippen LogP contribution in [0.3, 0.4) is 0 Å². The summed E-state index contributed by atoms with van der Waals surface area (Å²) in [7, 11) is 0. The third-order valence-corrected chi connectivity index (χ3v) is 2.73. The highest BCUT2D eigenvalue weighted by Crippen LogP contribution is 2.28. The number of rotatable bonds is 3. The molecule has 0 heterocycles. The predicted octanol–water partition coefficient (Wildman–Crippen LogP) is 3.72. The Bertz CT molecular complexity index is 401. The number of carbonyl (C=O) groups excluding carboxylic acids is 1. The highest BCUT2D eigenvalue weighted by molar-refractivity contribution is 6.00. The monoisotopic (exact) mass is 230 g/mol. The fourth-order valence-electron chi connectivity index (χ4n) is 1.26. The van der Waals surface area contributed by atoms with Gasteiger partial charge >= 0.3 is 0 Å². The molecule has 16 heavy (non-hydrogen) atoms. The van der Waals surface area contributed by atoms with Crippen molar-refractivity contribution >= 4 is 5.78 Å². The molecule has 1 aromatic carbocycles. The molecule has 0 saturated carbocycles. The summed E-state index contributed by atoms with van der Waals surface area (Å²) < 4.78 is 39.3. The average Bonchev–Trinajstić information content (AvgIpc) is 2.15. The van der Waals surface area contributed by atoms with Gasteiger partial charge in [-0.3, -0.25) is 4.79 Å². The van der Waals surface area contributed by atoms with E-state index in [1.165, 1.54) is 0 Å². The van der Waals surface area contributed by atoms with Gasteiger partial charge in [0.1, 0.15) is 17.5 Å². The molecule has 0 aliphatic rings. The maximum Gasteiger partial charge on any atom is 0.174 e. The van der Waals surface area contributed by atoms with Crippen LogP contribution in [0.2, 0.25) is 0 Å². The summed E-state index contributed by atoms with van der Waals surface area (Å²) in [5.41, 5.74) is -1.52. The number of ketones is 1. The Labute approximate surface area is 92.3 Å². The highest BCUT2D eigenvalue weighted by atomic mass is 19.1. The van der Waals surface area contributed by atoms with Crippen molar-refractivity contribution in [1.82, 2.24) is 0 Å². The molecule has 0 unspecified atom stereocenters. The van der Waals surface area contributed by atoms with Crippen LogP contribution in [0.4, 0.5) is 13.2 Å². The van der Waals surface area contributed by atoms with Crippen LogP contribution in [-0.4, -0.2) is 5.78 Å². The molecule has 1 nitrogen and oxygen atoms in total. The molecular weight excluding hydrogens is 217 g/mol. The van der Waals surface area contributed by atoms with Crippen LogP contribution in [0.5, 0.6) is 0 Å². The second kappa shape index (κ2) is 4.28. The van der Waals surface area contributed by atoms with E-state index in [-0.39, 0.29) is 0 Å². The fourth-order valence-corrected chi connectivity index (χ4v) is 1.26. The molecule has 0 bridgehead atoms. The number of carbonyl (C=O) groups is 1. The molecule has 1 aromatic rings. The van der Waals surface area contributed by atoms with Gasteiger partial charge in [0, 0.05) is 17.5 Å². The second-order valence-electron chi connectivity index (χ2n) is 4.31. The molecule has 88 valence electrons. The largest absolute Gasteiger partial charge is 0.293 e. The average molecular weight is 230 g/mol. The topological polar surface area (TPSA) is 17.1 Å². The standard InChI is InChI=1S/C12H13F3O/c1-4-12(2,3)11(16)10-8(14)5-7(13)6-9(10)15/h5-6H,4H2,1-3H3. The minimum Gasteiger partial charge on any atom is -0.293 e. The zero-order valence-corrected chi connectivity index (χ0v) is 9.40. The summed E-state index contributed by atoms with van der Waals surface area (Å²) in [6, 6.07) is 1.03. The lowest BCUT2D eigenvalue weighted by atomic mass is 9.81. The van der Waals surface area contributed by atoms with Gasteiger partial charge in [0.15, 0.2) is 5.78 Å². The van der Waals surface area contributed by atoms with Crippen LogP contribution in [0.25, 0.3) is 0 Å². The SMILES string of the molecule is CCC(C)(C)C(=O)c1c(F)cc(F)cc1F. The van der Waals surface area contributed by atoms with Gasteiger partial charge in [-0.1, -0.05) is 20.8 Å². The Balaban J connectivity index is 3.30.